The molecule has 0 aromatic carbocycles. The summed E-state index contributed by atoms with van der Waals surface area (Å²) in [6, 6.07) is -0.0115. The molecule has 0 saturated heterocycles. The fourth-order valence-corrected chi connectivity index (χ4v) is 3.45. The van der Waals surface area contributed by atoms with Crippen molar-refractivity contribution in [3.05, 3.63) is 12.4 Å². The number of hydrogen-bond acceptors (Lipinski definition) is 5. The fourth-order valence-electron chi connectivity index (χ4n) is 2.29. The van der Waals surface area contributed by atoms with Gasteiger partial charge in [-0.3, -0.25) is 0 Å². The van der Waals surface area contributed by atoms with Gasteiger partial charge < -0.3 is 5.73 Å². The van der Waals surface area contributed by atoms with Gasteiger partial charge in [-0.15, -0.1) is 0 Å². The average Bonchev–Trinajstić information content (AvgIpc) is 2.57. The second-order valence-corrected chi connectivity index (χ2v) is 7.22. The molecule has 0 spiro atoms. The van der Waals surface area contributed by atoms with E-state index in [-0.39, 0.29) is 22.3 Å². The molecule has 3 N–H and O–H groups in total. The highest BCUT2D eigenvalue weighted by Crippen LogP contribution is 2.37. The first-order valence-corrected chi connectivity index (χ1v) is 7.37. The maximum Gasteiger partial charge on any atom is 0.243 e. The SMILES string of the molecule is CC1(C)CCC(NS(=O)(=O)c2cnc(N)nc2)C1. The van der Waals surface area contributed by atoms with E-state index < -0.39 is 10.0 Å². The molecule has 0 bridgehead atoms. The topological polar surface area (TPSA) is 98.0 Å². The Hall–Kier alpha value is -1.21. The lowest BCUT2D eigenvalue weighted by atomic mass is 9.92. The molecule has 1 fully saturated rings. The Morgan fingerprint density at radius 3 is 2.50 bits per heavy atom. The van der Waals surface area contributed by atoms with E-state index in [1.807, 2.05) is 0 Å². The van der Waals surface area contributed by atoms with Gasteiger partial charge in [0.15, 0.2) is 0 Å². The zero-order valence-corrected chi connectivity index (χ0v) is 11.4. The van der Waals surface area contributed by atoms with Gasteiger partial charge in [0, 0.05) is 6.04 Å². The van der Waals surface area contributed by atoms with Gasteiger partial charge in [0.1, 0.15) is 4.90 Å². The van der Waals surface area contributed by atoms with E-state index in [1.165, 1.54) is 12.4 Å². The van der Waals surface area contributed by atoms with Crippen LogP contribution in [-0.4, -0.2) is 24.4 Å². The van der Waals surface area contributed by atoms with Crippen LogP contribution in [0.2, 0.25) is 0 Å². The summed E-state index contributed by atoms with van der Waals surface area (Å²) >= 11 is 0. The molecule has 0 aliphatic heterocycles. The second-order valence-electron chi connectivity index (χ2n) is 5.50. The number of sulfonamides is 1. The zero-order chi connectivity index (χ0) is 13.4. The second kappa shape index (κ2) is 4.47. The van der Waals surface area contributed by atoms with Crippen LogP contribution in [0, 0.1) is 5.41 Å². The summed E-state index contributed by atoms with van der Waals surface area (Å²) in [4.78, 5) is 7.45. The van der Waals surface area contributed by atoms with Crippen LogP contribution >= 0.6 is 0 Å². The number of hydrogen-bond donors (Lipinski definition) is 2. The Bertz CT molecular complexity index is 524. The van der Waals surface area contributed by atoms with Crippen molar-refractivity contribution >= 4 is 16.0 Å². The fraction of sp³-hybridized carbons (Fsp3) is 0.636. The largest absolute Gasteiger partial charge is 0.368 e. The van der Waals surface area contributed by atoms with E-state index in [1.54, 1.807) is 0 Å². The molecule has 100 valence electrons. The van der Waals surface area contributed by atoms with E-state index >= 15 is 0 Å². The average molecular weight is 270 g/mol. The molecule has 0 amide bonds. The third-order valence-electron chi connectivity index (χ3n) is 3.25. The predicted molar refractivity (Wildman–Crippen MR) is 68.2 cm³/mol. The summed E-state index contributed by atoms with van der Waals surface area (Å²) in [6.45, 7) is 4.29. The quantitative estimate of drug-likeness (QED) is 0.851. The van der Waals surface area contributed by atoms with Gasteiger partial charge in [0.2, 0.25) is 16.0 Å². The van der Waals surface area contributed by atoms with Crippen molar-refractivity contribution in [2.45, 2.75) is 44.0 Å². The molecule has 1 heterocycles. The molecule has 1 aromatic heterocycles. The maximum atomic E-state index is 12.1. The first-order chi connectivity index (χ1) is 8.28. The lowest BCUT2D eigenvalue weighted by Crippen LogP contribution is -2.33. The summed E-state index contributed by atoms with van der Waals surface area (Å²) in [7, 11) is -3.54. The number of rotatable bonds is 3. The van der Waals surface area contributed by atoms with Gasteiger partial charge in [-0.25, -0.2) is 23.1 Å². The molecular formula is C11H18N4O2S. The Balaban J connectivity index is 2.11. The summed E-state index contributed by atoms with van der Waals surface area (Å²) in [5.74, 6) is 0.0657. The number of nitrogens with zero attached hydrogens (tertiary/aromatic N) is 2. The standard InChI is InChI=1S/C11H18N4O2S/c1-11(2)4-3-8(5-11)15-18(16,17)9-6-13-10(12)14-7-9/h6-8,15H,3-5H2,1-2H3,(H2,12,13,14). The van der Waals surface area contributed by atoms with Crippen molar-refractivity contribution in [2.24, 2.45) is 5.41 Å². The minimum atomic E-state index is -3.54. The van der Waals surface area contributed by atoms with Crippen molar-refractivity contribution < 1.29 is 8.42 Å². The van der Waals surface area contributed by atoms with E-state index in [0.717, 1.165) is 19.3 Å². The Labute approximate surface area is 107 Å². The predicted octanol–water partition coefficient (Wildman–Crippen LogP) is 0.916. The van der Waals surface area contributed by atoms with E-state index in [2.05, 4.69) is 28.5 Å². The third-order valence-corrected chi connectivity index (χ3v) is 4.72. The highest BCUT2D eigenvalue weighted by molar-refractivity contribution is 7.89. The molecule has 7 heteroatoms. The Kier molecular flexibility index (Phi) is 3.29. The summed E-state index contributed by atoms with van der Waals surface area (Å²) in [5, 5.41) is 0. The van der Waals surface area contributed by atoms with Crippen molar-refractivity contribution in [1.82, 2.24) is 14.7 Å². The number of aromatic nitrogens is 2. The van der Waals surface area contributed by atoms with Crippen LogP contribution in [0.15, 0.2) is 17.3 Å². The van der Waals surface area contributed by atoms with Crippen LogP contribution < -0.4 is 10.5 Å². The summed E-state index contributed by atoms with van der Waals surface area (Å²) in [5.41, 5.74) is 5.53. The lowest BCUT2D eigenvalue weighted by molar-refractivity contribution is 0.372. The number of nitrogens with one attached hydrogen (secondary N) is 1. The molecule has 1 aromatic rings. The number of nitrogens with two attached hydrogens (primary N) is 1. The molecular weight excluding hydrogens is 252 g/mol. The van der Waals surface area contributed by atoms with Gasteiger partial charge in [-0.1, -0.05) is 13.8 Å². The lowest BCUT2D eigenvalue weighted by Gasteiger charge is -2.17. The number of nitrogen functional groups attached to an aromatic ring is 1. The van der Waals surface area contributed by atoms with Crippen LogP contribution in [-0.2, 0) is 10.0 Å². The molecule has 1 unspecified atom stereocenters. The zero-order valence-electron chi connectivity index (χ0n) is 10.5. The highest BCUT2D eigenvalue weighted by Gasteiger charge is 2.33. The molecule has 6 nitrogen and oxygen atoms in total. The third kappa shape index (κ3) is 2.97. The van der Waals surface area contributed by atoms with E-state index in [0.29, 0.717) is 0 Å². The minimum absolute atomic E-state index is 0.0115. The van der Waals surface area contributed by atoms with Crippen LogP contribution in [0.5, 0.6) is 0 Å². The minimum Gasteiger partial charge on any atom is -0.368 e. The molecule has 1 atom stereocenters. The highest BCUT2D eigenvalue weighted by atomic mass is 32.2. The monoisotopic (exact) mass is 270 g/mol. The van der Waals surface area contributed by atoms with E-state index in [9.17, 15) is 8.42 Å². The van der Waals surface area contributed by atoms with Crippen LogP contribution in [0.1, 0.15) is 33.1 Å². The van der Waals surface area contributed by atoms with Crippen LogP contribution in [0.3, 0.4) is 0 Å². The number of anilines is 1. The Morgan fingerprint density at radius 1 is 1.39 bits per heavy atom. The van der Waals surface area contributed by atoms with Gasteiger partial charge in [0.05, 0.1) is 12.4 Å². The van der Waals surface area contributed by atoms with Gasteiger partial charge in [-0.2, -0.15) is 0 Å². The molecule has 2 rings (SSSR count). The van der Waals surface area contributed by atoms with Crippen LogP contribution in [0.4, 0.5) is 5.95 Å². The molecule has 1 aliphatic rings. The van der Waals surface area contributed by atoms with Crippen molar-refractivity contribution in [2.75, 3.05) is 5.73 Å². The van der Waals surface area contributed by atoms with Crippen molar-refractivity contribution in [3.8, 4) is 0 Å². The maximum absolute atomic E-state index is 12.1. The first-order valence-electron chi connectivity index (χ1n) is 5.88. The van der Waals surface area contributed by atoms with Crippen molar-refractivity contribution in [3.63, 3.8) is 0 Å². The van der Waals surface area contributed by atoms with Crippen molar-refractivity contribution in [1.29, 1.82) is 0 Å². The van der Waals surface area contributed by atoms with Gasteiger partial charge in [-0.05, 0) is 24.7 Å². The normalized spacial score (nSPS) is 23.1. The summed E-state index contributed by atoms with van der Waals surface area (Å²) in [6.07, 6.45) is 5.19. The first kappa shape index (κ1) is 13.2. The van der Waals surface area contributed by atoms with Crippen LogP contribution in [0.25, 0.3) is 0 Å². The molecule has 18 heavy (non-hydrogen) atoms. The Morgan fingerprint density at radius 2 is 2.00 bits per heavy atom. The van der Waals surface area contributed by atoms with E-state index in [4.69, 9.17) is 5.73 Å². The smallest absolute Gasteiger partial charge is 0.243 e. The summed E-state index contributed by atoms with van der Waals surface area (Å²) < 4.78 is 26.9. The molecule has 1 aliphatic carbocycles. The van der Waals surface area contributed by atoms with Gasteiger partial charge in [0.25, 0.3) is 0 Å². The molecule has 0 radical (unpaired) electrons. The van der Waals surface area contributed by atoms with Gasteiger partial charge >= 0.3 is 0 Å². The molecule has 1 saturated carbocycles.